The number of nitrogens with zero attached hydrogens (tertiary/aromatic N) is 5. The molecule has 0 fully saturated rings. The average Bonchev–Trinajstić information content (AvgIpc) is 3.00. The van der Waals surface area contributed by atoms with E-state index in [4.69, 9.17) is 4.74 Å². The smallest absolute Gasteiger partial charge is 0.261 e. The fourth-order valence-electron chi connectivity index (χ4n) is 1.99. The molecule has 0 atom stereocenters. The van der Waals surface area contributed by atoms with Crippen molar-refractivity contribution in [3.05, 3.63) is 36.5 Å². The molecule has 3 rings (SSSR count). The van der Waals surface area contributed by atoms with Crippen molar-refractivity contribution in [3.63, 3.8) is 0 Å². The highest BCUT2D eigenvalue weighted by Crippen LogP contribution is 2.19. The Hall–Kier alpha value is -2.48. The molecule has 0 spiro atoms. The molecule has 0 N–H and O–H groups in total. The van der Waals surface area contributed by atoms with Gasteiger partial charge in [-0.3, -0.25) is 4.98 Å². The minimum Gasteiger partial charge on any atom is -0.374 e. The lowest BCUT2D eigenvalue weighted by atomic mass is 10.1. The number of benzene rings is 1. The van der Waals surface area contributed by atoms with Crippen LogP contribution in [0.4, 0.5) is 8.78 Å². The highest BCUT2D eigenvalue weighted by molar-refractivity contribution is 5.82. The average molecular weight is 305 g/mol. The molecule has 2 aromatic heterocycles. The molecule has 0 saturated carbocycles. The SMILES string of the molecule is FC(F)COCCn1nnc(-c2ccc3ncccc3c2)n1. The largest absolute Gasteiger partial charge is 0.374 e. The number of hydrogen-bond donors (Lipinski definition) is 0. The van der Waals surface area contributed by atoms with Gasteiger partial charge in [-0.15, -0.1) is 10.2 Å². The Labute approximate surface area is 124 Å². The van der Waals surface area contributed by atoms with Crippen LogP contribution in [0.1, 0.15) is 0 Å². The lowest BCUT2D eigenvalue weighted by Gasteiger charge is -2.01. The lowest BCUT2D eigenvalue weighted by Crippen LogP contribution is -2.12. The predicted octanol–water partition coefficient (Wildman–Crippen LogP) is 2.17. The Morgan fingerprint density at radius 1 is 1.23 bits per heavy atom. The van der Waals surface area contributed by atoms with Crippen LogP contribution in [0.3, 0.4) is 0 Å². The molecule has 0 amide bonds. The van der Waals surface area contributed by atoms with E-state index in [1.54, 1.807) is 6.20 Å². The van der Waals surface area contributed by atoms with Gasteiger partial charge in [0.25, 0.3) is 6.43 Å². The van der Waals surface area contributed by atoms with Crippen molar-refractivity contribution < 1.29 is 13.5 Å². The van der Waals surface area contributed by atoms with E-state index in [0.29, 0.717) is 5.82 Å². The van der Waals surface area contributed by atoms with Gasteiger partial charge in [-0.1, -0.05) is 6.07 Å². The third-order valence-corrected chi connectivity index (χ3v) is 2.99. The number of ether oxygens (including phenoxy) is 1. The third-order valence-electron chi connectivity index (χ3n) is 2.99. The predicted molar refractivity (Wildman–Crippen MR) is 75.4 cm³/mol. The van der Waals surface area contributed by atoms with Gasteiger partial charge in [-0.2, -0.15) is 4.80 Å². The summed E-state index contributed by atoms with van der Waals surface area (Å²) in [5, 5.41) is 13.0. The molecule has 3 aromatic rings. The first-order valence-corrected chi connectivity index (χ1v) is 6.71. The van der Waals surface area contributed by atoms with E-state index >= 15 is 0 Å². The highest BCUT2D eigenvalue weighted by Gasteiger charge is 2.07. The summed E-state index contributed by atoms with van der Waals surface area (Å²) in [7, 11) is 0. The number of pyridine rings is 1. The number of hydrogen-bond acceptors (Lipinski definition) is 5. The molecular formula is C14H13F2N5O. The number of alkyl halides is 2. The summed E-state index contributed by atoms with van der Waals surface area (Å²) in [4.78, 5) is 5.57. The molecule has 0 aliphatic carbocycles. The Morgan fingerprint density at radius 2 is 2.14 bits per heavy atom. The van der Waals surface area contributed by atoms with E-state index in [-0.39, 0.29) is 13.2 Å². The minimum atomic E-state index is -2.47. The molecule has 0 bridgehead atoms. The van der Waals surface area contributed by atoms with Gasteiger partial charge < -0.3 is 4.74 Å². The van der Waals surface area contributed by atoms with Crippen LogP contribution in [-0.4, -0.2) is 44.8 Å². The van der Waals surface area contributed by atoms with Crippen molar-refractivity contribution in [1.82, 2.24) is 25.2 Å². The molecule has 8 heteroatoms. The second-order valence-corrected chi connectivity index (χ2v) is 4.59. The zero-order valence-corrected chi connectivity index (χ0v) is 11.6. The van der Waals surface area contributed by atoms with Crippen LogP contribution in [0.5, 0.6) is 0 Å². The topological polar surface area (TPSA) is 65.7 Å². The van der Waals surface area contributed by atoms with Crippen molar-refractivity contribution in [2.45, 2.75) is 13.0 Å². The third kappa shape index (κ3) is 3.40. The summed E-state index contributed by atoms with van der Waals surface area (Å²) in [6.45, 7) is -0.199. The Balaban J connectivity index is 1.69. The van der Waals surface area contributed by atoms with Crippen LogP contribution in [0.2, 0.25) is 0 Å². The van der Waals surface area contributed by atoms with Gasteiger partial charge in [0.15, 0.2) is 0 Å². The van der Waals surface area contributed by atoms with Crippen LogP contribution in [0.25, 0.3) is 22.3 Å². The molecule has 0 aliphatic rings. The first-order chi connectivity index (χ1) is 10.7. The number of aromatic nitrogens is 5. The summed E-state index contributed by atoms with van der Waals surface area (Å²) >= 11 is 0. The second-order valence-electron chi connectivity index (χ2n) is 4.59. The van der Waals surface area contributed by atoms with E-state index in [1.807, 2.05) is 30.3 Å². The number of rotatable bonds is 6. The van der Waals surface area contributed by atoms with E-state index in [0.717, 1.165) is 16.5 Å². The minimum absolute atomic E-state index is 0.113. The zero-order valence-electron chi connectivity index (χ0n) is 11.6. The Bertz CT molecular complexity index is 762. The molecule has 22 heavy (non-hydrogen) atoms. The molecule has 2 heterocycles. The van der Waals surface area contributed by atoms with Gasteiger partial charge in [0.2, 0.25) is 5.82 Å². The van der Waals surface area contributed by atoms with Gasteiger partial charge in [0.1, 0.15) is 6.61 Å². The van der Waals surface area contributed by atoms with Crippen molar-refractivity contribution >= 4 is 10.9 Å². The van der Waals surface area contributed by atoms with Crippen molar-refractivity contribution in [2.24, 2.45) is 0 Å². The van der Waals surface area contributed by atoms with E-state index in [1.165, 1.54) is 4.80 Å². The molecule has 0 unspecified atom stereocenters. The second kappa shape index (κ2) is 6.52. The summed E-state index contributed by atoms with van der Waals surface area (Å²) in [6.07, 6.45) is -0.735. The normalized spacial score (nSPS) is 11.4. The van der Waals surface area contributed by atoms with Crippen molar-refractivity contribution in [1.29, 1.82) is 0 Å². The Kier molecular flexibility index (Phi) is 4.29. The van der Waals surface area contributed by atoms with Crippen LogP contribution in [-0.2, 0) is 11.3 Å². The summed E-state index contributed by atoms with van der Waals surface area (Å²) in [6, 6.07) is 9.49. The van der Waals surface area contributed by atoms with Gasteiger partial charge in [-0.25, -0.2) is 8.78 Å². The molecule has 6 nitrogen and oxygen atoms in total. The number of tetrazole rings is 1. The molecule has 114 valence electrons. The maximum Gasteiger partial charge on any atom is 0.261 e. The summed E-state index contributed by atoms with van der Waals surface area (Å²) < 4.78 is 28.7. The molecule has 0 radical (unpaired) electrons. The number of halogens is 2. The quantitative estimate of drug-likeness (QED) is 0.653. The standard InChI is InChI=1S/C14H13F2N5O/c15-13(16)9-22-7-6-21-19-14(18-20-21)11-3-4-12-10(8-11)2-1-5-17-12/h1-5,8,13H,6-7,9H2. The van der Waals surface area contributed by atoms with E-state index in [2.05, 4.69) is 20.4 Å². The van der Waals surface area contributed by atoms with Crippen LogP contribution in [0.15, 0.2) is 36.5 Å². The molecular weight excluding hydrogens is 292 g/mol. The maximum absolute atomic E-state index is 11.9. The lowest BCUT2D eigenvalue weighted by molar-refractivity contribution is 0.0129. The summed E-state index contributed by atoms with van der Waals surface area (Å²) in [5.41, 5.74) is 1.71. The van der Waals surface area contributed by atoms with Crippen LogP contribution in [0, 0.1) is 0 Å². The van der Waals surface area contributed by atoms with E-state index < -0.39 is 13.0 Å². The van der Waals surface area contributed by atoms with Gasteiger partial charge in [0, 0.05) is 17.1 Å². The first-order valence-electron chi connectivity index (χ1n) is 6.71. The molecule has 0 saturated heterocycles. The fourth-order valence-corrected chi connectivity index (χ4v) is 1.99. The van der Waals surface area contributed by atoms with E-state index in [9.17, 15) is 8.78 Å². The van der Waals surface area contributed by atoms with Crippen molar-refractivity contribution in [3.8, 4) is 11.4 Å². The molecule has 1 aromatic carbocycles. The number of fused-ring (bicyclic) bond motifs is 1. The van der Waals surface area contributed by atoms with Gasteiger partial charge in [-0.05, 0) is 29.5 Å². The van der Waals surface area contributed by atoms with Gasteiger partial charge in [0.05, 0.1) is 18.7 Å². The van der Waals surface area contributed by atoms with Gasteiger partial charge >= 0.3 is 0 Å². The van der Waals surface area contributed by atoms with Crippen LogP contribution >= 0.6 is 0 Å². The maximum atomic E-state index is 11.9. The Morgan fingerprint density at radius 3 is 3.00 bits per heavy atom. The highest BCUT2D eigenvalue weighted by atomic mass is 19.3. The first kappa shape index (κ1) is 14.5. The van der Waals surface area contributed by atoms with Crippen molar-refractivity contribution in [2.75, 3.05) is 13.2 Å². The molecule has 0 aliphatic heterocycles. The van der Waals surface area contributed by atoms with Crippen LogP contribution < -0.4 is 0 Å². The monoisotopic (exact) mass is 305 g/mol. The zero-order chi connectivity index (χ0) is 15.4. The summed E-state index contributed by atoms with van der Waals surface area (Å²) in [5.74, 6) is 0.472. The fraction of sp³-hybridized carbons (Fsp3) is 0.286.